The number of carbonyl (C=O) groups is 2. The molecule has 1 atom stereocenters. The standard InChI is InChI=1S/C29H28Cl2N2O4/c1-17-15-22(28(37-4)23(31)16-17)26(34)24-25(19-7-11-21(12-8-19)32(2)3)33(29(36)27(24)35)14-13-18-5-9-20(30)10-6-18/h5-12,15-16,25,34H,13-14H2,1-4H3/b26-24+. The molecule has 3 aromatic carbocycles. The lowest BCUT2D eigenvalue weighted by atomic mass is 9.94. The number of hydrogen-bond acceptors (Lipinski definition) is 5. The Morgan fingerprint density at radius 2 is 1.68 bits per heavy atom. The van der Waals surface area contributed by atoms with Crippen molar-refractivity contribution >= 4 is 46.3 Å². The molecule has 0 aliphatic carbocycles. The van der Waals surface area contributed by atoms with Crippen LogP contribution in [0, 0.1) is 6.92 Å². The molecular weight excluding hydrogens is 511 g/mol. The van der Waals surface area contributed by atoms with Crippen molar-refractivity contribution in [2.24, 2.45) is 0 Å². The predicted molar refractivity (Wildman–Crippen MR) is 148 cm³/mol. The Hall–Kier alpha value is -3.48. The summed E-state index contributed by atoms with van der Waals surface area (Å²) >= 11 is 12.4. The van der Waals surface area contributed by atoms with E-state index < -0.39 is 17.7 Å². The van der Waals surface area contributed by atoms with Gasteiger partial charge in [-0.2, -0.15) is 0 Å². The van der Waals surface area contributed by atoms with Crippen molar-refractivity contribution in [3.05, 3.63) is 98.5 Å². The van der Waals surface area contributed by atoms with Gasteiger partial charge in [-0.25, -0.2) is 0 Å². The number of benzene rings is 3. The molecule has 8 heteroatoms. The first-order valence-electron chi connectivity index (χ1n) is 11.8. The second kappa shape index (κ2) is 10.9. The van der Waals surface area contributed by atoms with Gasteiger partial charge in [-0.3, -0.25) is 9.59 Å². The predicted octanol–water partition coefficient (Wildman–Crippen LogP) is 6.04. The van der Waals surface area contributed by atoms with Crippen molar-refractivity contribution in [3.8, 4) is 5.75 Å². The zero-order chi connectivity index (χ0) is 26.9. The van der Waals surface area contributed by atoms with Gasteiger partial charge in [0.15, 0.2) is 0 Å². The summed E-state index contributed by atoms with van der Waals surface area (Å²) in [4.78, 5) is 30.2. The average Bonchev–Trinajstić information content (AvgIpc) is 3.12. The first-order valence-corrected chi connectivity index (χ1v) is 12.5. The molecule has 0 saturated carbocycles. The highest BCUT2D eigenvalue weighted by Gasteiger charge is 2.46. The minimum atomic E-state index is -0.785. The lowest BCUT2D eigenvalue weighted by Gasteiger charge is -2.26. The number of Topliss-reactive ketones (excluding diaryl/α,β-unsaturated/α-hetero) is 1. The third-order valence-corrected chi connectivity index (χ3v) is 7.00. The van der Waals surface area contributed by atoms with E-state index in [0.717, 1.165) is 16.8 Å². The smallest absolute Gasteiger partial charge is 0.295 e. The van der Waals surface area contributed by atoms with E-state index in [1.54, 1.807) is 24.3 Å². The van der Waals surface area contributed by atoms with E-state index in [9.17, 15) is 14.7 Å². The van der Waals surface area contributed by atoms with E-state index in [-0.39, 0.29) is 29.2 Å². The average molecular weight is 539 g/mol. The molecule has 3 aromatic rings. The molecule has 1 amide bonds. The van der Waals surface area contributed by atoms with Gasteiger partial charge in [0.1, 0.15) is 11.5 Å². The van der Waals surface area contributed by atoms with Crippen molar-refractivity contribution in [2.45, 2.75) is 19.4 Å². The zero-order valence-corrected chi connectivity index (χ0v) is 22.6. The molecule has 1 aliphatic rings. The van der Waals surface area contributed by atoms with Crippen molar-refractivity contribution in [1.82, 2.24) is 4.90 Å². The normalized spacial score (nSPS) is 16.8. The van der Waals surface area contributed by atoms with E-state index in [2.05, 4.69) is 0 Å². The molecule has 0 aromatic heterocycles. The summed E-state index contributed by atoms with van der Waals surface area (Å²) in [5.41, 5.74) is 3.68. The number of likely N-dealkylation sites (tertiary alicyclic amines) is 1. The second-order valence-electron chi connectivity index (χ2n) is 9.18. The van der Waals surface area contributed by atoms with E-state index >= 15 is 0 Å². The molecule has 192 valence electrons. The number of amides is 1. The fourth-order valence-electron chi connectivity index (χ4n) is 4.57. The second-order valence-corrected chi connectivity index (χ2v) is 10.0. The largest absolute Gasteiger partial charge is 0.507 e. The number of nitrogens with zero attached hydrogens (tertiary/aromatic N) is 2. The monoisotopic (exact) mass is 538 g/mol. The number of ether oxygens (including phenoxy) is 1. The Labute approximate surface area is 226 Å². The van der Waals surface area contributed by atoms with Crippen LogP contribution < -0.4 is 9.64 Å². The lowest BCUT2D eigenvalue weighted by molar-refractivity contribution is -0.139. The van der Waals surface area contributed by atoms with Gasteiger partial charge >= 0.3 is 0 Å². The third kappa shape index (κ3) is 5.31. The number of hydrogen-bond donors (Lipinski definition) is 1. The summed E-state index contributed by atoms with van der Waals surface area (Å²) in [6.07, 6.45) is 0.510. The molecule has 1 aliphatic heterocycles. The molecule has 1 saturated heterocycles. The Balaban J connectivity index is 1.84. The third-order valence-electron chi connectivity index (χ3n) is 6.47. The molecular formula is C29H28Cl2N2O4. The SMILES string of the molecule is COc1c(Cl)cc(C)cc1/C(O)=C1\C(=O)C(=O)N(CCc2ccc(Cl)cc2)C1c1ccc(N(C)C)cc1. The number of methoxy groups -OCH3 is 1. The number of aryl methyl sites for hydroxylation is 1. The molecule has 4 rings (SSSR count). The molecule has 0 bridgehead atoms. The van der Waals surface area contributed by atoms with Crippen molar-refractivity contribution < 1.29 is 19.4 Å². The Kier molecular flexibility index (Phi) is 7.81. The van der Waals surface area contributed by atoms with Crippen LogP contribution in [0.25, 0.3) is 5.76 Å². The molecule has 1 fully saturated rings. The van der Waals surface area contributed by atoms with Gasteiger partial charge in [-0.15, -0.1) is 0 Å². The number of carbonyl (C=O) groups excluding carboxylic acids is 2. The van der Waals surface area contributed by atoms with Crippen LogP contribution in [-0.4, -0.2) is 49.4 Å². The molecule has 1 heterocycles. The number of rotatable bonds is 7. The number of aliphatic hydroxyl groups is 1. The number of ketones is 1. The zero-order valence-electron chi connectivity index (χ0n) is 21.1. The summed E-state index contributed by atoms with van der Waals surface area (Å²) in [6.45, 7) is 2.10. The summed E-state index contributed by atoms with van der Waals surface area (Å²) in [6, 6.07) is 17.5. The molecule has 1 N–H and O–H groups in total. The maximum atomic E-state index is 13.4. The van der Waals surface area contributed by atoms with Crippen LogP contribution in [0.4, 0.5) is 5.69 Å². The van der Waals surface area contributed by atoms with Gasteiger partial charge in [-0.05, 0) is 66.4 Å². The van der Waals surface area contributed by atoms with Crippen molar-refractivity contribution in [2.75, 3.05) is 32.6 Å². The number of anilines is 1. The molecule has 6 nitrogen and oxygen atoms in total. The highest BCUT2D eigenvalue weighted by molar-refractivity contribution is 6.46. The molecule has 0 radical (unpaired) electrons. The van der Waals surface area contributed by atoms with Gasteiger partial charge in [0.25, 0.3) is 11.7 Å². The van der Waals surface area contributed by atoms with E-state index in [1.807, 2.05) is 62.3 Å². The van der Waals surface area contributed by atoms with Crippen molar-refractivity contribution in [1.29, 1.82) is 0 Å². The van der Waals surface area contributed by atoms with Crippen LogP contribution in [0.15, 0.2) is 66.2 Å². The minimum absolute atomic E-state index is 0.00123. The first-order chi connectivity index (χ1) is 17.6. The number of aliphatic hydroxyl groups excluding tert-OH is 1. The highest BCUT2D eigenvalue weighted by atomic mass is 35.5. The van der Waals surface area contributed by atoms with E-state index in [4.69, 9.17) is 27.9 Å². The molecule has 1 unspecified atom stereocenters. The Morgan fingerprint density at radius 3 is 2.27 bits per heavy atom. The van der Waals surface area contributed by atoms with Gasteiger partial charge in [0, 0.05) is 31.4 Å². The van der Waals surface area contributed by atoms with Crippen LogP contribution in [0.3, 0.4) is 0 Å². The maximum absolute atomic E-state index is 13.4. The van der Waals surface area contributed by atoms with E-state index in [0.29, 0.717) is 22.0 Å². The first kappa shape index (κ1) is 26.6. The van der Waals surface area contributed by atoms with Crippen LogP contribution >= 0.6 is 23.2 Å². The van der Waals surface area contributed by atoms with Crippen LogP contribution in [0.5, 0.6) is 5.75 Å². The number of halogens is 2. The van der Waals surface area contributed by atoms with Gasteiger partial charge in [0.05, 0.1) is 29.3 Å². The van der Waals surface area contributed by atoms with Crippen molar-refractivity contribution in [3.63, 3.8) is 0 Å². The highest BCUT2D eigenvalue weighted by Crippen LogP contribution is 2.43. The van der Waals surface area contributed by atoms with Crippen LogP contribution in [0.1, 0.15) is 28.3 Å². The van der Waals surface area contributed by atoms with Crippen LogP contribution in [-0.2, 0) is 16.0 Å². The fourth-order valence-corrected chi connectivity index (χ4v) is 5.05. The summed E-state index contributed by atoms with van der Waals surface area (Å²) in [5, 5.41) is 12.4. The summed E-state index contributed by atoms with van der Waals surface area (Å²) in [7, 11) is 5.30. The van der Waals surface area contributed by atoms with Gasteiger partial charge in [0.2, 0.25) is 0 Å². The van der Waals surface area contributed by atoms with Crippen LogP contribution in [0.2, 0.25) is 10.0 Å². The van der Waals surface area contributed by atoms with Gasteiger partial charge < -0.3 is 19.6 Å². The lowest BCUT2D eigenvalue weighted by Crippen LogP contribution is -2.31. The topological polar surface area (TPSA) is 70.1 Å². The van der Waals surface area contributed by atoms with Gasteiger partial charge in [-0.1, -0.05) is 47.5 Å². The minimum Gasteiger partial charge on any atom is -0.507 e. The summed E-state index contributed by atoms with van der Waals surface area (Å²) in [5.74, 6) is -1.51. The van der Waals surface area contributed by atoms with E-state index in [1.165, 1.54) is 12.0 Å². The molecule has 37 heavy (non-hydrogen) atoms. The maximum Gasteiger partial charge on any atom is 0.295 e. The quantitative estimate of drug-likeness (QED) is 0.225. The Bertz CT molecular complexity index is 1370. The fraction of sp³-hybridized carbons (Fsp3) is 0.241. The molecule has 0 spiro atoms. The Morgan fingerprint density at radius 1 is 1.03 bits per heavy atom. The summed E-state index contributed by atoms with van der Waals surface area (Å²) < 4.78 is 5.45.